The fourth-order valence-corrected chi connectivity index (χ4v) is 3.81. The predicted octanol–water partition coefficient (Wildman–Crippen LogP) is 3.74. The molecule has 1 atom stereocenters. The van der Waals surface area contributed by atoms with Gasteiger partial charge in [-0.1, -0.05) is 23.8 Å². The molecule has 2 aromatic heterocycles. The van der Waals surface area contributed by atoms with Gasteiger partial charge in [-0.25, -0.2) is 28.9 Å². The number of aromatic nitrogens is 4. The van der Waals surface area contributed by atoms with Crippen LogP contribution in [0.3, 0.4) is 0 Å². The third-order valence-electron chi connectivity index (χ3n) is 5.48. The van der Waals surface area contributed by atoms with Crippen LogP contribution in [0.5, 0.6) is 11.6 Å². The molecule has 2 N–H and O–H groups in total. The lowest BCUT2D eigenvalue weighted by Crippen LogP contribution is -2.51. The number of halogens is 1. The number of carboxylic acid groups (broad SMARTS) is 1. The highest BCUT2D eigenvalue weighted by atomic mass is 35.5. The van der Waals surface area contributed by atoms with Gasteiger partial charge in [0.25, 0.3) is 0 Å². The molecule has 1 aliphatic rings. The lowest BCUT2D eigenvalue weighted by atomic mass is 10.0. The van der Waals surface area contributed by atoms with Crippen LogP contribution in [-0.4, -0.2) is 30.2 Å². The van der Waals surface area contributed by atoms with Gasteiger partial charge in [-0.15, -0.1) is 0 Å². The predicted molar refractivity (Wildman–Crippen MR) is 134 cm³/mol. The maximum Gasteiger partial charge on any atom is 0.337 e. The number of pyridine rings is 1. The Bertz CT molecular complexity index is 1510. The molecule has 0 fully saturated rings. The lowest BCUT2D eigenvalue weighted by molar-refractivity contribution is 0.0696. The summed E-state index contributed by atoms with van der Waals surface area (Å²) < 4.78 is 8.27. The molecule has 11 heteroatoms. The number of nitrogens with zero attached hydrogens (tertiary/aromatic N) is 4. The van der Waals surface area contributed by atoms with Crippen molar-refractivity contribution in [2.24, 2.45) is 10.9 Å². The van der Waals surface area contributed by atoms with Crippen LogP contribution in [0.15, 0.2) is 80.4 Å². The molecule has 186 valence electrons. The largest absolute Gasteiger partial charge is 0.478 e. The van der Waals surface area contributed by atoms with Crippen molar-refractivity contribution < 1.29 is 14.6 Å². The molecule has 1 aromatic carbocycles. The first-order chi connectivity index (χ1) is 17.2. The minimum absolute atomic E-state index is 0.0152. The highest BCUT2D eigenvalue weighted by molar-refractivity contribution is 6.31. The van der Waals surface area contributed by atoms with Crippen molar-refractivity contribution in [3.63, 3.8) is 0 Å². The van der Waals surface area contributed by atoms with Gasteiger partial charge in [-0.3, -0.25) is 9.55 Å². The number of hydrogen-bond donors (Lipinski definition) is 2. The number of benzene rings is 1. The van der Waals surface area contributed by atoms with Crippen molar-refractivity contribution in [3.8, 4) is 11.6 Å². The normalized spacial score (nSPS) is 15.7. The summed E-state index contributed by atoms with van der Waals surface area (Å²) >= 11 is 6.02. The van der Waals surface area contributed by atoms with Gasteiger partial charge in [-0.05, 0) is 62.6 Å². The monoisotopic (exact) mass is 509 g/mol. The highest BCUT2D eigenvalue weighted by Crippen LogP contribution is 2.23. The summed E-state index contributed by atoms with van der Waals surface area (Å²) in [5.41, 5.74) is -0.304. The van der Waals surface area contributed by atoms with Crippen LogP contribution in [0.4, 0.5) is 5.69 Å². The molecular weight excluding hydrogens is 486 g/mol. The maximum absolute atomic E-state index is 13.2. The molecule has 36 heavy (non-hydrogen) atoms. The molecule has 1 unspecified atom stereocenters. The van der Waals surface area contributed by atoms with E-state index in [-0.39, 0.29) is 29.0 Å². The first kappa shape index (κ1) is 24.9. The molecule has 2 heterocycles. The zero-order valence-electron chi connectivity index (χ0n) is 19.6. The van der Waals surface area contributed by atoms with E-state index in [9.17, 15) is 14.4 Å². The number of carbonyl (C=O) groups is 1. The lowest BCUT2D eigenvalue weighted by Gasteiger charge is -2.18. The summed E-state index contributed by atoms with van der Waals surface area (Å²) in [6.45, 7) is 3.85. The Morgan fingerprint density at radius 1 is 1.25 bits per heavy atom. The van der Waals surface area contributed by atoms with Gasteiger partial charge >= 0.3 is 17.3 Å². The summed E-state index contributed by atoms with van der Waals surface area (Å²) in [5.74, 6) is -0.367. The van der Waals surface area contributed by atoms with Gasteiger partial charge in [0.2, 0.25) is 11.5 Å². The second kappa shape index (κ2) is 10.6. The molecule has 0 radical (unpaired) electrons. The van der Waals surface area contributed by atoms with Crippen LogP contribution < -0.4 is 21.7 Å². The summed E-state index contributed by atoms with van der Waals surface area (Å²) in [4.78, 5) is 48.0. The average molecular weight is 510 g/mol. The number of aromatic amines is 1. The molecule has 0 saturated heterocycles. The minimum atomic E-state index is -1.07. The molecule has 0 aliphatic heterocycles. The Labute approximate surface area is 210 Å². The first-order valence-corrected chi connectivity index (χ1v) is 11.6. The van der Waals surface area contributed by atoms with E-state index in [1.807, 2.05) is 12.2 Å². The van der Waals surface area contributed by atoms with E-state index >= 15 is 0 Å². The second-order valence-corrected chi connectivity index (χ2v) is 8.89. The highest BCUT2D eigenvalue weighted by Gasteiger charge is 2.16. The van der Waals surface area contributed by atoms with E-state index < -0.39 is 17.3 Å². The maximum atomic E-state index is 13.2. The third-order valence-corrected chi connectivity index (χ3v) is 5.76. The third kappa shape index (κ3) is 5.72. The first-order valence-electron chi connectivity index (χ1n) is 11.2. The smallest absolute Gasteiger partial charge is 0.337 e. The average Bonchev–Trinajstić information content (AvgIpc) is 2.84. The summed E-state index contributed by atoms with van der Waals surface area (Å²) in [5, 5.41) is 9.62. The standard InChI is InChI=1S/C25H24ClN5O5/c1-15(2)31-24(34)29-23(30(25(31)35)14-16-3-6-18(26)7-4-16)28-19-8-10-20(11-9-19)36-21-12-5-17(13-27-21)22(32)33/h3,5-13,15-16H,4,14H2,1-2H3,(H,32,33)(H,28,29,34). The van der Waals surface area contributed by atoms with Crippen LogP contribution >= 0.6 is 11.6 Å². The van der Waals surface area contributed by atoms with Crippen LogP contribution in [0.1, 0.15) is 36.7 Å². The Kier molecular flexibility index (Phi) is 7.35. The van der Waals surface area contributed by atoms with Gasteiger partial charge in [0.15, 0.2) is 0 Å². The quantitative estimate of drug-likeness (QED) is 0.498. The van der Waals surface area contributed by atoms with Crippen LogP contribution in [-0.2, 0) is 6.54 Å². The number of carboxylic acids is 1. The van der Waals surface area contributed by atoms with E-state index in [1.165, 1.54) is 22.9 Å². The molecule has 10 nitrogen and oxygen atoms in total. The van der Waals surface area contributed by atoms with Crippen molar-refractivity contribution in [1.82, 2.24) is 19.1 Å². The Hall–Kier alpha value is -4.18. The van der Waals surface area contributed by atoms with Crippen molar-refractivity contribution in [3.05, 3.63) is 98.0 Å². The van der Waals surface area contributed by atoms with E-state index in [0.29, 0.717) is 29.4 Å². The van der Waals surface area contributed by atoms with E-state index in [2.05, 4.69) is 15.0 Å². The Morgan fingerprint density at radius 2 is 2.00 bits per heavy atom. The number of allylic oxidation sites excluding steroid dienone is 4. The van der Waals surface area contributed by atoms with Crippen LogP contribution in [0, 0.1) is 5.92 Å². The number of H-pyrrole nitrogens is 1. The zero-order valence-corrected chi connectivity index (χ0v) is 20.3. The van der Waals surface area contributed by atoms with Crippen molar-refractivity contribution in [1.29, 1.82) is 0 Å². The number of ether oxygens (including phenoxy) is 1. The minimum Gasteiger partial charge on any atom is -0.478 e. The summed E-state index contributed by atoms with van der Waals surface area (Å²) in [6.07, 6.45) is 7.49. The van der Waals surface area contributed by atoms with E-state index in [4.69, 9.17) is 21.4 Å². The topological polar surface area (TPSA) is 132 Å². The fraction of sp³-hybridized carbons (Fsp3) is 0.240. The molecular formula is C25H24ClN5O5. The number of nitrogens with one attached hydrogen (secondary N) is 1. The number of hydrogen-bond acceptors (Lipinski definition) is 6. The Balaban J connectivity index is 1.65. The summed E-state index contributed by atoms with van der Waals surface area (Å²) in [7, 11) is 0. The van der Waals surface area contributed by atoms with Gasteiger partial charge < -0.3 is 9.84 Å². The Morgan fingerprint density at radius 3 is 2.58 bits per heavy atom. The molecule has 0 saturated carbocycles. The number of aromatic carboxylic acids is 1. The van der Waals surface area contributed by atoms with Crippen molar-refractivity contribution in [2.75, 3.05) is 0 Å². The van der Waals surface area contributed by atoms with Gasteiger partial charge in [0, 0.05) is 29.9 Å². The second-order valence-electron chi connectivity index (χ2n) is 8.45. The number of rotatable bonds is 7. The fourth-order valence-electron chi connectivity index (χ4n) is 3.65. The van der Waals surface area contributed by atoms with Gasteiger partial charge in [0.05, 0.1) is 11.3 Å². The molecule has 4 rings (SSSR count). The van der Waals surface area contributed by atoms with Gasteiger partial charge in [0.1, 0.15) is 5.75 Å². The van der Waals surface area contributed by atoms with Crippen LogP contribution in [0.25, 0.3) is 0 Å². The molecule has 0 amide bonds. The molecule has 3 aromatic rings. The van der Waals surface area contributed by atoms with E-state index in [1.54, 1.807) is 44.2 Å². The van der Waals surface area contributed by atoms with Gasteiger partial charge in [-0.2, -0.15) is 0 Å². The molecule has 1 aliphatic carbocycles. The SMILES string of the molecule is CC(C)n1c(=O)[nH]/c(=N\c2ccc(Oc3ccc(C(=O)O)cn3)cc2)n(CC2C=CC(Cl)=CC2)c1=O. The van der Waals surface area contributed by atoms with Crippen molar-refractivity contribution in [2.45, 2.75) is 32.9 Å². The van der Waals surface area contributed by atoms with E-state index in [0.717, 1.165) is 4.57 Å². The summed E-state index contributed by atoms with van der Waals surface area (Å²) in [6, 6.07) is 9.17. The zero-order chi connectivity index (χ0) is 25.8. The van der Waals surface area contributed by atoms with Crippen molar-refractivity contribution >= 4 is 23.3 Å². The molecule has 0 spiro atoms. The van der Waals surface area contributed by atoms with Crippen LogP contribution in [0.2, 0.25) is 0 Å². The molecule has 0 bridgehead atoms.